The van der Waals surface area contributed by atoms with Crippen LogP contribution < -0.4 is 14.5 Å². The molecule has 4 heterocycles. The van der Waals surface area contributed by atoms with Gasteiger partial charge in [0, 0.05) is 53.7 Å². The van der Waals surface area contributed by atoms with Gasteiger partial charge in [-0.2, -0.15) is 0 Å². The molecule has 3 saturated heterocycles. The summed E-state index contributed by atoms with van der Waals surface area (Å²) >= 11 is 13.3. The molecule has 0 aromatic heterocycles. The summed E-state index contributed by atoms with van der Waals surface area (Å²) in [5.41, 5.74) is 3.34. The molecule has 1 amide bonds. The van der Waals surface area contributed by atoms with Crippen molar-refractivity contribution in [2.24, 2.45) is 5.41 Å². The molecule has 8 rings (SSSR count). The van der Waals surface area contributed by atoms with E-state index in [1.165, 1.54) is 18.1 Å². The van der Waals surface area contributed by atoms with Crippen LogP contribution in [0.2, 0.25) is 10.0 Å². The van der Waals surface area contributed by atoms with Crippen LogP contribution in [0.4, 0.5) is 15.8 Å². The minimum absolute atomic E-state index is 0.0674. The fraction of sp³-hybridized carbons (Fsp3) is 0.400. The summed E-state index contributed by atoms with van der Waals surface area (Å²) < 4.78 is 32.8. The molecule has 2 bridgehead atoms. The molecular weight excluding hydrogens is 648 g/mol. The highest BCUT2D eigenvalue weighted by Crippen LogP contribution is 2.49. The average molecular weight is 681 g/mol. The fourth-order valence-electron chi connectivity index (χ4n) is 7.95. The summed E-state index contributed by atoms with van der Waals surface area (Å²) in [6.45, 7) is 2.70. The molecule has 3 aromatic rings. The number of Topliss-reactive ketones (excluding diaryl/α,β-unsaturated/α-hetero) is 1. The second-order valence-electron chi connectivity index (χ2n) is 13.3. The van der Waals surface area contributed by atoms with E-state index in [2.05, 4.69) is 9.80 Å². The molecule has 9 nitrogen and oxygen atoms in total. The topological polar surface area (TPSA) is 88.6 Å². The number of nitrogens with zero attached hydrogens (tertiary/aromatic N) is 3. The Bertz CT molecular complexity index is 1800. The van der Waals surface area contributed by atoms with Crippen molar-refractivity contribution in [1.82, 2.24) is 4.90 Å². The third kappa shape index (κ3) is 5.03. The van der Waals surface area contributed by atoms with E-state index in [1.807, 2.05) is 6.07 Å². The number of ketones is 1. The highest BCUT2D eigenvalue weighted by Gasteiger charge is 2.52. The second kappa shape index (κ2) is 11.4. The number of ether oxygens (including phenoxy) is 3. The van der Waals surface area contributed by atoms with E-state index >= 15 is 4.39 Å². The molecule has 1 saturated carbocycles. The van der Waals surface area contributed by atoms with Gasteiger partial charge in [0.25, 0.3) is 5.91 Å². The first-order valence-corrected chi connectivity index (χ1v) is 16.5. The SMILES string of the molecule is COC(=O)c1cc(F)c(-c2cccc3c2OCN(C(=O)c2c(Cl)cc(N4CC5(CC(=O)C5)C4)cc2Cl)C3)cc1N1C2CCC1COC2. The first-order valence-electron chi connectivity index (χ1n) is 15.7. The van der Waals surface area contributed by atoms with Crippen molar-refractivity contribution in [1.29, 1.82) is 0 Å². The van der Waals surface area contributed by atoms with Gasteiger partial charge in [0.15, 0.2) is 6.73 Å². The van der Waals surface area contributed by atoms with E-state index in [0.717, 1.165) is 31.6 Å². The number of rotatable bonds is 5. The lowest BCUT2D eigenvalue weighted by atomic mass is 9.62. The van der Waals surface area contributed by atoms with Gasteiger partial charge in [0.1, 0.15) is 17.3 Å². The van der Waals surface area contributed by atoms with Crippen molar-refractivity contribution in [3.05, 3.63) is 75.0 Å². The minimum atomic E-state index is -0.606. The number of esters is 1. The number of morpholine rings is 1. The number of carbonyl (C=O) groups is 3. The van der Waals surface area contributed by atoms with Crippen molar-refractivity contribution in [3.63, 3.8) is 0 Å². The number of hydrogen-bond donors (Lipinski definition) is 0. The zero-order valence-corrected chi connectivity index (χ0v) is 27.2. The van der Waals surface area contributed by atoms with Crippen molar-refractivity contribution in [2.75, 3.05) is 49.9 Å². The molecule has 1 spiro atoms. The lowest BCUT2D eigenvalue weighted by Gasteiger charge is -2.55. The molecule has 2 atom stereocenters. The highest BCUT2D eigenvalue weighted by atomic mass is 35.5. The number of para-hydroxylation sites is 1. The zero-order chi connectivity index (χ0) is 32.6. The van der Waals surface area contributed by atoms with Crippen LogP contribution in [-0.4, -0.2) is 74.8 Å². The number of anilines is 2. The predicted octanol–water partition coefficient (Wildman–Crippen LogP) is 6.12. The molecule has 0 radical (unpaired) electrons. The van der Waals surface area contributed by atoms with E-state index in [0.29, 0.717) is 54.4 Å². The van der Waals surface area contributed by atoms with Gasteiger partial charge in [0.05, 0.1) is 65.8 Å². The van der Waals surface area contributed by atoms with Crippen LogP contribution in [0.5, 0.6) is 5.75 Å². The standard InChI is InChI=1S/C35H32Cl2FN3O6/c1-45-34(44)26-9-29(38)25(10-30(26)41-20-5-6-21(41)15-46-14-20)24-4-2-3-19-13-39(18-47-32(19)24)33(43)31-27(36)7-22(8-28(31)37)40-16-35(17-40)11-23(42)12-35/h2-4,7-10,20-21H,5-6,11-18H2,1H3. The molecule has 4 fully saturated rings. The van der Waals surface area contributed by atoms with Gasteiger partial charge in [-0.1, -0.05) is 41.4 Å². The summed E-state index contributed by atoms with van der Waals surface area (Å²) in [4.78, 5) is 43.8. The van der Waals surface area contributed by atoms with Gasteiger partial charge < -0.3 is 28.9 Å². The molecule has 1 aliphatic carbocycles. The Labute approximate surface area is 281 Å². The van der Waals surface area contributed by atoms with Crippen LogP contribution in [0.25, 0.3) is 11.1 Å². The van der Waals surface area contributed by atoms with Crippen LogP contribution >= 0.6 is 23.2 Å². The van der Waals surface area contributed by atoms with E-state index in [4.69, 9.17) is 37.4 Å². The maximum atomic E-state index is 15.9. The van der Waals surface area contributed by atoms with Gasteiger partial charge in [-0.25, -0.2) is 9.18 Å². The maximum Gasteiger partial charge on any atom is 0.340 e. The number of carbonyl (C=O) groups excluding carboxylic acids is 3. The summed E-state index contributed by atoms with van der Waals surface area (Å²) in [6.07, 6.45) is 3.06. The largest absolute Gasteiger partial charge is 0.472 e. The van der Waals surface area contributed by atoms with E-state index in [1.54, 1.807) is 30.3 Å². The van der Waals surface area contributed by atoms with Crippen molar-refractivity contribution in [3.8, 4) is 16.9 Å². The van der Waals surface area contributed by atoms with E-state index < -0.39 is 11.8 Å². The molecule has 47 heavy (non-hydrogen) atoms. The minimum Gasteiger partial charge on any atom is -0.472 e. The van der Waals surface area contributed by atoms with Crippen LogP contribution in [-0.2, 0) is 20.8 Å². The molecule has 5 aliphatic rings. The average Bonchev–Trinajstić information content (AvgIpc) is 3.27. The Morgan fingerprint density at radius 1 is 1.00 bits per heavy atom. The Hall–Kier alpha value is -3.86. The van der Waals surface area contributed by atoms with Crippen molar-refractivity contribution in [2.45, 2.75) is 44.3 Å². The van der Waals surface area contributed by atoms with Crippen molar-refractivity contribution < 1.29 is 33.0 Å². The van der Waals surface area contributed by atoms with Gasteiger partial charge >= 0.3 is 5.97 Å². The first kappa shape index (κ1) is 30.5. The zero-order valence-electron chi connectivity index (χ0n) is 25.7. The molecule has 244 valence electrons. The van der Waals surface area contributed by atoms with E-state index in [9.17, 15) is 14.4 Å². The second-order valence-corrected chi connectivity index (χ2v) is 14.1. The predicted molar refractivity (Wildman–Crippen MR) is 174 cm³/mol. The lowest BCUT2D eigenvalue weighted by Crippen LogP contribution is -2.62. The van der Waals surface area contributed by atoms with E-state index in [-0.39, 0.29) is 63.4 Å². The molecule has 12 heteroatoms. The first-order chi connectivity index (χ1) is 22.6. The van der Waals surface area contributed by atoms with Crippen LogP contribution in [0.1, 0.15) is 52.0 Å². The smallest absolute Gasteiger partial charge is 0.340 e. The Kier molecular flexibility index (Phi) is 7.38. The number of fused-ring (bicyclic) bond motifs is 3. The molecule has 4 aliphatic heterocycles. The highest BCUT2D eigenvalue weighted by molar-refractivity contribution is 6.40. The molecule has 2 unspecified atom stereocenters. The summed E-state index contributed by atoms with van der Waals surface area (Å²) in [5.74, 6) is -0.811. The fourth-order valence-corrected chi connectivity index (χ4v) is 8.59. The Morgan fingerprint density at radius 2 is 1.70 bits per heavy atom. The third-order valence-electron chi connectivity index (χ3n) is 10.2. The third-order valence-corrected chi connectivity index (χ3v) is 10.8. The summed E-state index contributed by atoms with van der Waals surface area (Å²) in [7, 11) is 1.29. The van der Waals surface area contributed by atoms with Crippen LogP contribution in [0.3, 0.4) is 0 Å². The molecule has 3 aromatic carbocycles. The Morgan fingerprint density at radius 3 is 2.36 bits per heavy atom. The number of halogens is 3. The van der Waals surface area contributed by atoms with Gasteiger partial charge in [-0.05, 0) is 37.1 Å². The van der Waals surface area contributed by atoms with Gasteiger partial charge in [-0.3, -0.25) is 9.59 Å². The van der Waals surface area contributed by atoms with Gasteiger partial charge in [0.2, 0.25) is 0 Å². The normalized spacial score (nSPS) is 22.4. The lowest BCUT2D eigenvalue weighted by molar-refractivity contribution is -0.134. The number of methoxy groups -OCH3 is 1. The van der Waals surface area contributed by atoms with Crippen LogP contribution in [0.15, 0.2) is 42.5 Å². The number of benzene rings is 3. The maximum absolute atomic E-state index is 15.9. The number of amides is 1. The summed E-state index contributed by atoms with van der Waals surface area (Å²) in [5, 5.41) is 0.472. The van der Waals surface area contributed by atoms with Gasteiger partial charge in [-0.15, -0.1) is 0 Å². The van der Waals surface area contributed by atoms with Crippen molar-refractivity contribution >= 4 is 52.2 Å². The molecular formula is C35H32Cl2FN3O6. The number of hydrogen-bond acceptors (Lipinski definition) is 8. The Balaban J connectivity index is 1.07. The molecule has 0 N–H and O–H groups in total. The van der Waals surface area contributed by atoms with Crippen LogP contribution in [0, 0.1) is 11.2 Å². The summed E-state index contributed by atoms with van der Waals surface area (Å²) in [6, 6.07) is 12.0. The quantitative estimate of drug-likeness (QED) is 0.299. The monoisotopic (exact) mass is 679 g/mol.